The number of ether oxygens (including phenoxy) is 1. The fourth-order valence-corrected chi connectivity index (χ4v) is 1.90. The summed E-state index contributed by atoms with van der Waals surface area (Å²) in [5.74, 6) is 0. The zero-order valence-corrected chi connectivity index (χ0v) is 12.3. The summed E-state index contributed by atoms with van der Waals surface area (Å²) in [5.41, 5.74) is 1.25. The fourth-order valence-electron chi connectivity index (χ4n) is 1.90. The van der Waals surface area contributed by atoms with Crippen molar-refractivity contribution >= 4 is 0 Å². The molecule has 0 heterocycles. The third-order valence-corrected chi connectivity index (χ3v) is 2.93. The number of hydrogen-bond acceptors (Lipinski definition) is 1. The molecular formula is C16H32O. The Bertz CT molecular complexity index is 168. The molecular weight excluding hydrogens is 208 g/mol. The third kappa shape index (κ3) is 15.5. The van der Waals surface area contributed by atoms with Crippen molar-refractivity contribution in [1.82, 2.24) is 0 Å². The van der Waals surface area contributed by atoms with Crippen molar-refractivity contribution in [3.05, 3.63) is 11.8 Å². The number of allylic oxidation sites excluding steroid dienone is 1. The van der Waals surface area contributed by atoms with Crippen molar-refractivity contribution in [1.29, 1.82) is 0 Å². The minimum Gasteiger partial charge on any atom is -0.501 e. The van der Waals surface area contributed by atoms with Gasteiger partial charge in [-0.3, -0.25) is 0 Å². The van der Waals surface area contributed by atoms with Crippen LogP contribution in [0.25, 0.3) is 0 Å². The van der Waals surface area contributed by atoms with Crippen molar-refractivity contribution in [2.24, 2.45) is 0 Å². The molecule has 102 valence electrons. The fraction of sp³-hybridized carbons (Fsp3) is 0.875. The van der Waals surface area contributed by atoms with Gasteiger partial charge >= 0.3 is 0 Å². The highest BCUT2D eigenvalue weighted by molar-refractivity contribution is 4.86. The quantitative estimate of drug-likeness (QED) is 0.307. The molecule has 0 spiro atoms. The third-order valence-electron chi connectivity index (χ3n) is 2.93. The topological polar surface area (TPSA) is 9.23 Å². The summed E-state index contributed by atoms with van der Waals surface area (Å²) < 4.78 is 5.41. The molecule has 1 nitrogen and oxygen atoms in total. The minimum absolute atomic E-state index is 0.891. The molecule has 0 aliphatic heterocycles. The van der Waals surface area contributed by atoms with E-state index in [-0.39, 0.29) is 0 Å². The summed E-state index contributed by atoms with van der Waals surface area (Å²) >= 11 is 0. The summed E-state index contributed by atoms with van der Waals surface area (Å²) in [6.45, 7) is 7.30. The summed E-state index contributed by atoms with van der Waals surface area (Å²) in [4.78, 5) is 0. The van der Waals surface area contributed by atoms with Crippen LogP contribution in [0.15, 0.2) is 11.8 Å². The van der Waals surface area contributed by atoms with Gasteiger partial charge in [-0.15, -0.1) is 0 Å². The highest BCUT2D eigenvalue weighted by Gasteiger charge is 1.92. The summed E-state index contributed by atoms with van der Waals surface area (Å²) in [6, 6.07) is 0. The largest absolute Gasteiger partial charge is 0.501 e. The van der Waals surface area contributed by atoms with E-state index in [1.165, 1.54) is 69.8 Å². The van der Waals surface area contributed by atoms with Crippen LogP contribution >= 0.6 is 0 Å². The van der Waals surface area contributed by atoms with E-state index in [1.54, 1.807) is 0 Å². The van der Waals surface area contributed by atoms with Crippen molar-refractivity contribution in [3.8, 4) is 0 Å². The van der Waals surface area contributed by atoms with Gasteiger partial charge in [0.1, 0.15) is 0 Å². The Hall–Kier alpha value is -0.460. The van der Waals surface area contributed by atoms with Crippen molar-refractivity contribution in [2.45, 2.75) is 85.0 Å². The average Bonchev–Trinajstić information content (AvgIpc) is 2.30. The second-order valence-corrected chi connectivity index (χ2v) is 5.25. The minimum atomic E-state index is 0.891. The van der Waals surface area contributed by atoms with Gasteiger partial charge in [0.05, 0.1) is 12.9 Å². The van der Waals surface area contributed by atoms with E-state index in [0.717, 1.165) is 6.61 Å². The van der Waals surface area contributed by atoms with Gasteiger partial charge < -0.3 is 4.74 Å². The Morgan fingerprint density at radius 2 is 1.24 bits per heavy atom. The summed E-state index contributed by atoms with van der Waals surface area (Å²) in [7, 11) is 0. The molecule has 0 amide bonds. The van der Waals surface area contributed by atoms with Crippen LogP contribution in [0.2, 0.25) is 0 Å². The van der Waals surface area contributed by atoms with E-state index in [4.69, 9.17) is 4.74 Å². The van der Waals surface area contributed by atoms with Crippen LogP contribution in [0.5, 0.6) is 0 Å². The summed E-state index contributed by atoms with van der Waals surface area (Å²) in [6.07, 6.45) is 15.7. The van der Waals surface area contributed by atoms with E-state index in [0.29, 0.717) is 0 Å². The number of unbranched alkanes of at least 4 members (excludes halogenated alkanes) is 9. The highest BCUT2D eigenvalue weighted by atomic mass is 16.5. The first kappa shape index (κ1) is 16.5. The zero-order chi connectivity index (χ0) is 12.8. The molecule has 0 rings (SSSR count). The Balaban J connectivity index is 2.96. The Kier molecular flexibility index (Phi) is 13.2. The molecule has 0 bridgehead atoms. The second kappa shape index (κ2) is 13.6. The van der Waals surface area contributed by atoms with Crippen molar-refractivity contribution in [2.75, 3.05) is 6.61 Å². The van der Waals surface area contributed by atoms with Gasteiger partial charge in [-0.2, -0.15) is 0 Å². The lowest BCUT2D eigenvalue weighted by atomic mass is 10.1. The van der Waals surface area contributed by atoms with Crippen LogP contribution in [0, 0.1) is 0 Å². The predicted molar refractivity (Wildman–Crippen MR) is 77.2 cm³/mol. The molecule has 0 aliphatic rings. The molecule has 0 unspecified atom stereocenters. The van der Waals surface area contributed by atoms with Gasteiger partial charge in [0, 0.05) is 0 Å². The molecule has 0 atom stereocenters. The van der Waals surface area contributed by atoms with Crippen molar-refractivity contribution in [3.63, 3.8) is 0 Å². The van der Waals surface area contributed by atoms with Gasteiger partial charge in [0.25, 0.3) is 0 Å². The first-order valence-corrected chi connectivity index (χ1v) is 7.52. The maximum absolute atomic E-state index is 5.41. The zero-order valence-electron chi connectivity index (χ0n) is 12.3. The van der Waals surface area contributed by atoms with Gasteiger partial charge in [0.2, 0.25) is 0 Å². The molecule has 0 fully saturated rings. The Labute approximate surface area is 109 Å². The lowest BCUT2D eigenvalue weighted by Crippen LogP contribution is -1.89. The van der Waals surface area contributed by atoms with Gasteiger partial charge in [-0.25, -0.2) is 0 Å². The van der Waals surface area contributed by atoms with Crippen molar-refractivity contribution < 1.29 is 4.74 Å². The lowest BCUT2D eigenvalue weighted by Gasteiger charge is -2.03. The van der Waals surface area contributed by atoms with Crippen LogP contribution in [0.1, 0.15) is 85.0 Å². The van der Waals surface area contributed by atoms with E-state index in [9.17, 15) is 0 Å². The molecule has 0 saturated carbocycles. The first-order valence-electron chi connectivity index (χ1n) is 7.52. The molecule has 17 heavy (non-hydrogen) atoms. The molecule has 0 aromatic rings. The smallest absolute Gasteiger partial charge is 0.0873 e. The first-order chi connectivity index (χ1) is 8.27. The molecule has 1 heteroatoms. The number of hydrogen-bond donors (Lipinski definition) is 0. The van der Waals surface area contributed by atoms with E-state index >= 15 is 0 Å². The van der Waals surface area contributed by atoms with Crippen LogP contribution in [0.4, 0.5) is 0 Å². The van der Waals surface area contributed by atoms with E-state index in [1.807, 2.05) is 6.26 Å². The maximum atomic E-state index is 5.41. The molecule has 0 aliphatic carbocycles. The highest BCUT2D eigenvalue weighted by Crippen LogP contribution is 2.10. The van der Waals surface area contributed by atoms with Crippen LogP contribution in [-0.2, 0) is 4.74 Å². The molecule has 0 radical (unpaired) electrons. The maximum Gasteiger partial charge on any atom is 0.0873 e. The predicted octanol–water partition coefficient (Wildman–Crippen LogP) is 5.85. The lowest BCUT2D eigenvalue weighted by molar-refractivity contribution is 0.238. The monoisotopic (exact) mass is 240 g/mol. The molecule has 0 aromatic carbocycles. The molecule has 0 N–H and O–H groups in total. The Morgan fingerprint density at radius 1 is 0.765 bits per heavy atom. The van der Waals surface area contributed by atoms with Crippen LogP contribution in [-0.4, -0.2) is 6.61 Å². The number of rotatable bonds is 12. The van der Waals surface area contributed by atoms with Gasteiger partial charge in [-0.05, 0) is 25.8 Å². The van der Waals surface area contributed by atoms with Crippen LogP contribution < -0.4 is 0 Å². The Morgan fingerprint density at radius 3 is 1.71 bits per heavy atom. The summed E-state index contributed by atoms with van der Waals surface area (Å²) in [5, 5.41) is 0. The average molecular weight is 240 g/mol. The van der Waals surface area contributed by atoms with Crippen LogP contribution in [0.3, 0.4) is 0 Å². The normalized spacial score (nSPS) is 10.3. The van der Waals surface area contributed by atoms with E-state index < -0.39 is 0 Å². The van der Waals surface area contributed by atoms with Gasteiger partial charge in [-0.1, -0.05) is 64.7 Å². The SMILES string of the molecule is CCCCCCCCCCCCOC=C(C)C. The standard InChI is InChI=1S/C16H32O/c1-4-5-6-7-8-9-10-11-12-13-14-17-15-16(2)3/h15H,4-14H2,1-3H3. The van der Waals surface area contributed by atoms with E-state index in [2.05, 4.69) is 20.8 Å². The second-order valence-electron chi connectivity index (χ2n) is 5.25. The molecule has 0 saturated heterocycles. The molecule has 0 aromatic heterocycles. The van der Waals surface area contributed by atoms with Gasteiger partial charge in [0.15, 0.2) is 0 Å².